The van der Waals surface area contributed by atoms with Crippen molar-refractivity contribution in [3.05, 3.63) is 12.2 Å². The van der Waals surface area contributed by atoms with Gasteiger partial charge in [0.15, 0.2) is 6.04 Å². The van der Waals surface area contributed by atoms with Crippen LogP contribution < -0.4 is 5.32 Å². The van der Waals surface area contributed by atoms with Crippen LogP contribution in [0.4, 0.5) is 0 Å². The van der Waals surface area contributed by atoms with Gasteiger partial charge in [0.25, 0.3) is 0 Å². The first kappa shape index (κ1) is 12.1. The molecule has 0 radical (unpaired) electrons. The number of allylic oxidation sites excluding steroid dienone is 2. The van der Waals surface area contributed by atoms with E-state index in [1.165, 1.54) is 6.92 Å². The van der Waals surface area contributed by atoms with Gasteiger partial charge in [-0.2, -0.15) is 0 Å². The monoisotopic (exact) mass is 239 g/mol. The lowest BCUT2D eigenvalue weighted by molar-refractivity contribution is -0.145. The van der Waals surface area contributed by atoms with Crippen molar-refractivity contribution in [2.75, 3.05) is 0 Å². The summed E-state index contributed by atoms with van der Waals surface area (Å²) in [5.41, 5.74) is 0. The third-order valence-electron chi connectivity index (χ3n) is 3.66. The number of aliphatic hydroxyl groups is 1. The van der Waals surface area contributed by atoms with Gasteiger partial charge in [-0.3, -0.25) is 4.79 Å². The van der Waals surface area contributed by atoms with E-state index in [-0.39, 0.29) is 17.7 Å². The lowest BCUT2D eigenvalue weighted by atomic mass is 9.92. The Morgan fingerprint density at radius 2 is 2.06 bits per heavy atom. The molecule has 0 heterocycles. The highest BCUT2D eigenvalue weighted by atomic mass is 16.4. The van der Waals surface area contributed by atoms with Gasteiger partial charge in [0.1, 0.15) is 0 Å². The quantitative estimate of drug-likeness (QED) is 0.609. The number of nitrogens with one attached hydrogen (secondary N) is 1. The molecule has 0 aromatic rings. The van der Waals surface area contributed by atoms with Gasteiger partial charge in [-0.05, 0) is 31.6 Å². The van der Waals surface area contributed by atoms with Gasteiger partial charge < -0.3 is 15.5 Å². The van der Waals surface area contributed by atoms with E-state index >= 15 is 0 Å². The average Bonchev–Trinajstić information content (AvgIpc) is 2.85. The Hall–Kier alpha value is -1.36. The van der Waals surface area contributed by atoms with Crippen molar-refractivity contribution in [1.82, 2.24) is 5.32 Å². The number of rotatable bonds is 4. The summed E-state index contributed by atoms with van der Waals surface area (Å²) in [4.78, 5) is 22.8. The van der Waals surface area contributed by atoms with E-state index in [1.54, 1.807) is 0 Å². The van der Waals surface area contributed by atoms with Crippen LogP contribution in [-0.4, -0.2) is 34.2 Å². The van der Waals surface area contributed by atoms with E-state index in [0.717, 1.165) is 12.8 Å². The lowest BCUT2D eigenvalue weighted by Crippen LogP contribution is -2.50. The molecule has 0 aliphatic heterocycles. The average molecular weight is 239 g/mol. The van der Waals surface area contributed by atoms with Gasteiger partial charge in [0.2, 0.25) is 5.91 Å². The topological polar surface area (TPSA) is 86.6 Å². The molecular formula is C12H17NO4. The highest BCUT2D eigenvalue weighted by molar-refractivity contribution is 5.86. The van der Waals surface area contributed by atoms with Gasteiger partial charge >= 0.3 is 5.97 Å². The third-order valence-corrected chi connectivity index (χ3v) is 3.66. The van der Waals surface area contributed by atoms with Crippen LogP contribution in [0.15, 0.2) is 12.2 Å². The first-order valence-electron chi connectivity index (χ1n) is 5.88. The molecule has 2 rings (SSSR count). The minimum atomic E-state index is -1.22. The van der Waals surface area contributed by atoms with E-state index in [2.05, 4.69) is 11.4 Å². The highest BCUT2D eigenvalue weighted by Gasteiger charge is 2.41. The van der Waals surface area contributed by atoms with Gasteiger partial charge in [-0.15, -0.1) is 0 Å². The maximum atomic E-state index is 11.9. The molecule has 5 nitrogen and oxygen atoms in total. The fraction of sp³-hybridized carbons (Fsp3) is 0.667. The number of amides is 1. The molecule has 1 saturated carbocycles. The molecule has 0 spiro atoms. The molecule has 2 aliphatic rings. The second-order valence-electron chi connectivity index (χ2n) is 4.95. The molecule has 17 heavy (non-hydrogen) atoms. The first-order chi connectivity index (χ1) is 7.99. The molecule has 0 aromatic heterocycles. The number of aliphatic hydroxyl groups excluding tert-OH is 1. The van der Waals surface area contributed by atoms with Crippen LogP contribution in [0.25, 0.3) is 0 Å². The number of carbonyl (C=O) groups is 2. The number of carboxylic acids is 1. The van der Waals surface area contributed by atoms with E-state index in [1.807, 2.05) is 6.08 Å². The molecule has 1 fully saturated rings. The summed E-state index contributed by atoms with van der Waals surface area (Å²) in [6.07, 6.45) is 4.85. The Labute approximate surface area is 99.5 Å². The number of carbonyl (C=O) groups excluding carboxylic acids is 1. The summed E-state index contributed by atoms with van der Waals surface area (Å²) in [5.74, 6) is -0.887. The molecule has 1 amide bonds. The summed E-state index contributed by atoms with van der Waals surface area (Å²) < 4.78 is 0. The Balaban J connectivity index is 1.97. The van der Waals surface area contributed by atoms with Gasteiger partial charge in [-0.25, -0.2) is 4.79 Å². The van der Waals surface area contributed by atoms with E-state index < -0.39 is 18.1 Å². The Bertz CT molecular complexity index is 364. The predicted molar refractivity (Wildman–Crippen MR) is 60.1 cm³/mol. The molecular weight excluding hydrogens is 222 g/mol. The number of carboxylic acid groups (broad SMARTS) is 1. The maximum Gasteiger partial charge on any atom is 0.328 e. The SMILES string of the molecule is CC(O)C(NC(=O)C1CC2C=CC1C2)C(=O)O. The van der Waals surface area contributed by atoms with Crippen molar-refractivity contribution in [3.8, 4) is 0 Å². The summed E-state index contributed by atoms with van der Waals surface area (Å²) in [5, 5.41) is 20.6. The van der Waals surface area contributed by atoms with Crippen LogP contribution in [0.5, 0.6) is 0 Å². The van der Waals surface area contributed by atoms with Crippen molar-refractivity contribution in [2.24, 2.45) is 17.8 Å². The van der Waals surface area contributed by atoms with Crippen LogP contribution in [-0.2, 0) is 9.59 Å². The third kappa shape index (κ3) is 2.34. The summed E-state index contributed by atoms with van der Waals surface area (Å²) in [6, 6.07) is -1.22. The van der Waals surface area contributed by atoms with Crippen molar-refractivity contribution in [1.29, 1.82) is 0 Å². The number of hydrogen-bond donors (Lipinski definition) is 3. The number of hydrogen-bond acceptors (Lipinski definition) is 3. The molecule has 0 saturated heterocycles. The number of fused-ring (bicyclic) bond motifs is 2. The molecule has 5 heteroatoms. The molecule has 2 bridgehead atoms. The van der Waals surface area contributed by atoms with Crippen LogP contribution >= 0.6 is 0 Å². The van der Waals surface area contributed by atoms with Crippen LogP contribution in [0.1, 0.15) is 19.8 Å². The molecule has 5 unspecified atom stereocenters. The summed E-state index contributed by atoms with van der Waals surface area (Å²) in [6.45, 7) is 1.36. The fourth-order valence-electron chi connectivity index (χ4n) is 2.73. The zero-order chi connectivity index (χ0) is 12.6. The van der Waals surface area contributed by atoms with Crippen LogP contribution in [0, 0.1) is 17.8 Å². The molecule has 3 N–H and O–H groups in total. The minimum absolute atomic E-state index is 0.134. The van der Waals surface area contributed by atoms with Crippen LogP contribution in [0.2, 0.25) is 0 Å². The summed E-state index contributed by atoms with van der Waals surface area (Å²) >= 11 is 0. The van der Waals surface area contributed by atoms with Gasteiger partial charge in [-0.1, -0.05) is 12.2 Å². The highest BCUT2D eigenvalue weighted by Crippen LogP contribution is 2.43. The van der Waals surface area contributed by atoms with Gasteiger partial charge in [0, 0.05) is 5.92 Å². The van der Waals surface area contributed by atoms with Crippen molar-refractivity contribution in [3.63, 3.8) is 0 Å². The van der Waals surface area contributed by atoms with E-state index in [0.29, 0.717) is 5.92 Å². The zero-order valence-corrected chi connectivity index (χ0v) is 9.67. The molecule has 94 valence electrons. The molecule has 2 aliphatic carbocycles. The Kier molecular flexibility index (Phi) is 3.19. The number of aliphatic carboxylic acids is 1. The largest absolute Gasteiger partial charge is 0.480 e. The standard InChI is InChI=1S/C12H17NO4/c1-6(14)10(12(16)17)13-11(15)9-5-7-2-3-8(9)4-7/h2-3,6-10,14H,4-5H2,1H3,(H,13,15)(H,16,17). The second kappa shape index (κ2) is 4.49. The Morgan fingerprint density at radius 1 is 1.35 bits per heavy atom. The fourth-order valence-corrected chi connectivity index (χ4v) is 2.73. The lowest BCUT2D eigenvalue weighted by Gasteiger charge is -2.22. The van der Waals surface area contributed by atoms with E-state index in [4.69, 9.17) is 5.11 Å². The van der Waals surface area contributed by atoms with Crippen molar-refractivity contribution in [2.45, 2.75) is 31.9 Å². The summed E-state index contributed by atoms with van der Waals surface area (Å²) in [7, 11) is 0. The van der Waals surface area contributed by atoms with Gasteiger partial charge in [0.05, 0.1) is 6.10 Å². The molecule has 5 atom stereocenters. The van der Waals surface area contributed by atoms with Crippen molar-refractivity contribution >= 4 is 11.9 Å². The normalized spacial score (nSPS) is 33.4. The predicted octanol–water partition coefficient (Wildman–Crippen LogP) is 0.149. The Morgan fingerprint density at radius 3 is 2.47 bits per heavy atom. The second-order valence-corrected chi connectivity index (χ2v) is 4.95. The first-order valence-corrected chi connectivity index (χ1v) is 5.88. The zero-order valence-electron chi connectivity index (χ0n) is 9.67. The maximum absolute atomic E-state index is 11.9. The van der Waals surface area contributed by atoms with Crippen LogP contribution in [0.3, 0.4) is 0 Å². The minimum Gasteiger partial charge on any atom is -0.480 e. The van der Waals surface area contributed by atoms with Crippen molar-refractivity contribution < 1.29 is 19.8 Å². The smallest absolute Gasteiger partial charge is 0.328 e. The molecule has 0 aromatic carbocycles. The van der Waals surface area contributed by atoms with E-state index in [9.17, 15) is 14.7 Å².